The van der Waals surface area contributed by atoms with E-state index in [1.54, 1.807) is 0 Å². The second-order valence-electron chi connectivity index (χ2n) is 7.81. The Morgan fingerprint density at radius 2 is 1.88 bits per heavy atom. The Labute approximate surface area is 150 Å². The SMILES string of the molecule is Fc1ccc(-c2noc(C3CC3)c2COC2CC3CCC(C2)N3)c(F)c1. The van der Waals surface area contributed by atoms with Crippen LogP contribution in [0.3, 0.4) is 0 Å². The highest BCUT2D eigenvalue weighted by Gasteiger charge is 2.36. The third-order valence-corrected chi connectivity index (χ3v) is 5.85. The van der Waals surface area contributed by atoms with Gasteiger partial charge in [-0.2, -0.15) is 0 Å². The molecule has 6 heteroatoms. The zero-order valence-electron chi connectivity index (χ0n) is 14.5. The predicted molar refractivity (Wildman–Crippen MR) is 91.6 cm³/mol. The molecule has 4 nitrogen and oxygen atoms in total. The minimum atomic E-state index is -0.623. The first-order chi connectivity index (χ1) is 12.7. The molecule has 0 radical (unpaired) electrons. The minimum Gasteiger partial charge on any atom is -0.373 e. The number of piperidine rings is 1. The van der Waals surface area contributed by atoms with E-state index in [1.807, 2.05) is 0 Å². The Bertz CT molecular complexity index is 806. The molecule has 2 aromatic rings. The highest BCUT2D eigenvalue weighted by Crippen LogP contribution is 2.44. The molecule has 1 aromatic carbocycles. The summed E-state index contributed by atoms with van der Waals surface area (Å²) >= 11 is 0. The van der Waals surface area contributed by atoms with E-state index in [0.29, 0.717) is 30.3 Å². The molecule has 0 spiro atoms. The zero-order valence-corrected chi connectivity index (χ0v) is 14.5. The molecule has 5 rings (SSSR count). The molecule has 2 bridgehead atoms. The maximum absolute atomic E-state index is 14.3. The van der Waals surface area contributed by atoms with Gasteiger partial charge in [0.25, 0.3) is 0 Å². The Morgan fingerprint density at radius 3 is 2.58 bits per heavy atom. The van der Waals surface area contributed by atoms with E-state index in [1.165, 1.54) is 25.0 Å². The van der Waals surface area contributed by atoms with Crippen LogP contribution < -0.4 is 5.32 Å². The second kappa shape index (κ2) is 6.43. The van der Waals surface area contributed by atoms with Crippen molar-refractivity contribution in [2.24, 2.45) is 0 Å². The normalized spacial score (nSPS) is 27.8. The molecule has 2 saturated heterocycles. The number of rotatable bonds is 5. The number of ether oxygens (including phenoxy) is 1. The van der Waals surface area contributed by atoms with E-state index in [0.717, 1.165) is 43.1 Å². The van der Waals surface area contributed by atoms with Gasteiger partial charge in [-0.3, -0.25) is 0 Å². The highest BCUT2D eigenvalue weighted by molar-refractivity contribution is 5.64. The summed E-state index contributed by atoms with van der Waals surface area (Å²) in [6, 6.07) is 4.67. The van der Waals surface area contributed by atoms with E-state index in [2.05, 4.69) is 10.5 Å². The number of aromatic nitrogens is 1. The molecule has 2 atom stereocenters. The van der Waals surface area contributed by atoms with Crippen molar-refractivity contribution in [3.05, 3.63) is 41.2 Å². The molecule has 1 N–H and O–H groups in total. The van der Waals surface area contributed by atoms with Gasteiger partial charge in [0.2, 0.25) is 0 Å². The summed E-state index contributed by atoms with van der Waals surface area (Å²) in [4.78, 5) is 0. The van der Waals surface area contributed by atoms with Crippen molar-refractivity contribution in [2.75, 3.05) is 0 Å². The van der Waals surface area contributed by atoms with Gasteiger partial charge in [0.15, 0.2) is 0 Å². The van der Waals surface area contributed by atoms with Gasteiger partial charge in [0.05, 0.1) is 12.7 Å². The van der Waals surface area contributed by atoms with Crippen molar-refractivity contribution in [3.63, 3.8) is 0 Å². The van der Waals surface area contributed by atoms with Crippen LogP contribution in [0.5, 0.6) is 0 Å². The number of fused-ring (bicyclic) bond motifs is 2. The molecule has 3 fully saturated rings. The molecule has 26 heavy (non-hydrogen) atoms. The van der Waals surface area contributed by atoms with Gasteiger partial charge in [-0.25, -0.2) is 8.78 Å². The highest BCUT2D eigenvalue weighted by atomic mass is 19.1. The number of nitrogens with zero attached hydrogens (tertiary/aromatic N) is 1. The molecule has 1 aromatic heterocycles. The van der Waals surface area contributed by atoms with E-state index in [9.17, 15) is 8.78 Å². The molecule has 1 aliphatic carbocycles. The molecule has 138 valence electrons. The molecule has 2 unspecified atom stereocenters. The van der Waals surface area contributed by atoms with Crippen LogP contribution >= 0.6 is 0 Å². The topological polar surface area (TPSA) is 47.3 Å². The van der Waals surface area contributed by atoms with Crippen LogP contribution in [0.1, 0.15) is 55.8 Å². The smallest absolute Gasteiger partial charge is 0.145 e. The summed E-state index contributed by atoms with van der Waals surface area (Å²) in [6.07, 6.45) is 6.80. The van der Waals surface area contributed by atoms with Crippen LogP contribution in [-0.2, 0) is 11.3 Å². The van der Waals surface area contributed by atoms with Gasteiger partial charge in [0.1, 0.15) is 23.1 Å². The molecule has 3 heterocycles. The van der Waals surface area contributed by atoms with Crippen LogP contribution in [0.2, 0.25) is 0 Å². The van der Waals surface area contributed by atoms with E-state index in [-0.39, 0.29) is 11.7 Å². The lowest BCUT2D eigenvalue weighted by Gasteiger charge is -2.29. The van der Waals surface area contributed by atoms with Crippen LogP contribution in [0.25, 0.3) is 11.3 Å². The van der Waals surface area contributed by atoms with Crippen molar-refractivity contribution < 1.29 is 18.0 Å². The average Bonchev–Trinajstić information content (AvgIpc) is 3.30. The maximum Gasteiger partial charge on any atom is 0.145 e. The summed E-state index contributed by atoms with van der Waals surface area (Å²) < 4.78 is 39.3. The lowest BCUT2D eigenvalue weighted by atomic mass is 10.0. The molecule has 0 amide bonds. The summed E-state index contributed by atoms with van der Waals surface area (Å²) in [5.41, 5.74) is 1.54. The number of hydrogen-bond donors (Lipinski definition) is 1. The van der Waals surface area contributed by atoms with E-state index in [4.69, 9.17) is 9.26 Å². The Morgan fingerprint density at radius 1 is 1.12 bits per heavy atom. The summed E-state index contributed by atoms with van der Waals surface area (Å²) in [5, 5.41) is 7.72. The standard InChI is InChI=1S/C20H22F2N2O2/c21-12-3-6-16(18(22)7-12)19-17(20(26-24-19)11-1-2-11)10-25-15-8-13-4-5-14(9-15)23-13/h3,6-7,11,13-15,23H,1-2,4-5,8-10H2. The van der Waals surface area contributed by atoms with Gasteiger partial charge >= 0.3 is 0 Å². The summed E-state index contributed by atoms with van der Waals surface area (Å²) in [7, 11) is 0. The fraction of sp³-hybridized carbons (Fsp3) is 0.550. The quantitative estimate of drug-likeness (QED) is 0.864. The lowest BCUT2D eigenvalue weighted by Crippen LogP contribution is -2.41. The second-order valence-corrected chi connectivity index (χ2v) is 7.81. The van der Waals surface area contributed by atoms with Gasteiger partial charge in [0, 0.05) is 35.2 Å². The van der Waals surface area contributed by atoms with Crippen molar-refractivity contribution in [3.8, 4) is 11.3 Å². The van der Waals surface area contributed by atoms with E-state index < -0.39 is 11.6 Å². The van der Waals surface area contributed by atoms with Crippen molar-refractivity contribution in [1.29, 1.82) is 0 Å². The number of benzene rings is 1. The Balaban J connectivity index is 1.40. The van der Waals surface area contributed by atoms with Crippen LogP contribution in [-0.4, -0.2) is 23.3 Å². The van der Waals surface area contributed by atoms with Crippen LogP contribution in [0.15, 0.2) is 22.7 Å². The van der Waals surface area contributed by atoms with Gasteiger partial charge in [-0.1, -0.05) is 5.16 Å². The zero-order chi connectivity index (χ0) is 17.7. The van der Waals surface area contributed by atoms with Crippen molar-refractivity contribution >= 4 is 0 Å². The Kier molecular flexibility index (Phi) is 4.05. The summed E-state index contributed by atoms with van der Waals surface area (Å²) in [6.45, 7) is 0.367. The molecule has 2 aliphatic heterocycles. The monoisotopic (exact) mass is 360 g/mol. The molecular formula is C20H22F2N2O2. The van der Waals surface area contributed by atoms with Gasteiger partial charge in [-0.05, 0) is 50.7 Å². The minimum absolute atomic E-state index is 0.210. The summed E-state index contributed by atoms with van der Waals surface area (Å²) in [5.74, 6) is -0.0647. The van der Waals surface area contributed by atoms with Crippen LogP contribution in [0, 0.1) is 11.6 Å². The number of halogens is 2. The Hall–Kier alpha value is -1.79. The molecule has 3 aliphatic rings. The van der Waals surface area contributed by atoms with Gasteiger partial charge in [-0.15, -0.1) is 0 Å². The molecular weight excluding hydrogens is 338 g/mol. The number of nitrogens with one attached hydrogen (secondary N) is 1. The average molecular weight is 360 g/mol. The first-order valence-corrected chi connectivity index (χ1v) is 9.49. The predicted octanol–water partition coefficient (Wildman–Crippen LogP) is 4.30. The van der Waals surface area contributed by atoms with E-state index >= 15 is 0 Å². The molecule has 1 saturated carbocycles. The van der Waals surface area contributed by atoms with Gasteiger partial charge < -0.3 is 14.6 Å². The first-order valence-electron chi connectivity index (χ1n) is 9.49. The fourth-order valence-electron chi connectivity index (χ4n) is 4.36. The maximum atomic E-state index is 14.3. The lowest BCUT2D eigenvalue weighted by molar-refractivity contribution is 0.00875. The third kappa shape index (κ3) is 3.05. The first kappa shape index (κ1) is 16.4. The largest absolute Gasteiger partial charge is 0.373 e. The third-order valence-electron chi connectivity index (χ3n) is 5.85. The fourth-order valence-corrected chi connectivity index (χ4v) is 4.36. The van der Waals surface area contributed by atoms with Crippen molar-refractivity contribution in [2.45, 2.75) is 69.2 Å². The van der Waals surface area contributed by atoms with Crippen molar-refractivity contribution in [1.82, 2.24) is 10.5 Å². The van der Waals surface area contributed by atoms with Crippen LogP contribution in [0.4, 0.5) is 8.78 Å². The number of hydrogen-bond acceptors (Lipinski definition) is 4.